The number of pyridine rings is 1. The smallest absolute Gasteiger partial charge is 0.334 e. The van der Waals surface area contributed by atoms with E-state index >= 15 is 0 Å². The molecule has 98 valence electrons. The molecule has 19 heavy (non-hydrogen) atoms. The van der Waals surface area contributed by atoms with Gasteiger partial charge < -0.3 is 9.84 Å². The van der Waals surface area contributed by atoms with E-state index in [0.29, 0.717) is 11.3 Å². The van der Waals surface area contributed by atoms with Crippen molar-refractivity contribution < 1.29 is 14.8 Å². The number of nitro groups is 1. The van der Waals surface area contributed by atoms with Gasteiger partial charge in [0.05, 0.1) is 11.5 Å². The molecule has 0 atom stereocenters. The van der Waals surface area contributed by atoms with E-state index in [4.69, 9.17) is 9.84 Å². The highest BCUT2D eigenvalue weighted by molar-refractivity contribution is 5.49. The average molecular weight is 260 g/mol. The van der Waals surface area contributed by atoms with Crippen LogP contribution in [-0.4, -0.2) is 15.0 Å². The van der Waals surface area contributed by atoms with Crippen LogP contribution in [0, 0.1) is 17.0 Å². The number of hydrogen-bond donors (Lipinski definition) is 1. The molecular weight excluding hydrogens is 248 g/mol. The molecule has 1 aromatic heterocycles. The second-order valence-corrected chi connectivity index (χ2v) is 3.94. The van der Waals surface area contributed by atoms with Crippen molar-refractivity contribution in [1.82, 2.24) is 4.98 Å². The van der Waals surface area contributed by atoms with Gasteiger partial charge in [-0.25, -0.2) is 4.98 Å². The molecule has 1 heterocycles. The number of nitrogens with zero attached hydrogens (tertiary/aromatic N) is 2. The summed E-state index contributed by atoms with van der Waals surface area (Å²) >= 11 is 0. The minimum atomic E-state index is -0.514. The number of hydrogen-bond acceptors (Lipinski definition) is 5. The molecule has 2 aromatic rings. The van der Waals surface area contributed by atoms with E-state index in [9.17, 15) is 10.1 Å². The maximum Gasteiger partial charge on any atom is 0.334 e. The third-order valence-corrected chi connectivity index (χ3v) is 2.60. The molecule has 0 aliphatic heterocycles. The molecule has 2 rings (SSSR count). The molecule has 1 aromatic carbocycles. The van der Waals surface area contributed by atoms with Crippen LogP contribution in [0.3, 0.4) is 0 Å². The highest BCUT2D eigenvalue weighted by Crippen LogP contribution is 2.31. The molecular formula is C13H12N2O4. The van der Waals surface area contributed by atoms with Gasteiger partial charge in [-0.3, -0.25) is 10.1 Å². The van der Waals surface area contributed by atoms with Crippen LogP contribution >= 0.6 is 0 Å². The highest BCUT2D eigenvalue weighted by atomic mass is 16.6. The first-order valence-electron chi connectivity index (χ1n) is 5.59. The second kappa shape index (κ2) is 5.45. The Labute approximate surface area is 109 Å². The molecule has 0 saturated carbocycles. The van der Waals surface area contributed by atoms with E-state index in [2.05, 4.69) is 4.98 Å². The summed E-state index contributed by atoms with van der Waals surface area (Å²) in [6.07, 6.45) is 1.46. The van der Waals surface area contributed by atoms with Crippen LogP contribution in [-0.2, 0) is 6.61 Å². The molecule has 0 spiro atoms. The Kier molecular flexibility index (Phi) is 3.72. The van der Waals surface area contributed by atoms with Crippen molar-refractivity contribution in [1.29, 1.82) is 0 Å². The standard InChI is InChI=1S/C13H12N2O4/c1-9-6-7-14-13(12(9)15(17)18)19-11-4-2-10(8-16)3-5-11/h2-7,16H,8H2,1H3. The lowest BCUT2D eigenvalue weighted by Gasteiger charge is -2.06. The number of benzene rings is 1. The SMILES string of the molecule is Cc1ccnc(Oc2ccc(CO)cc2)c1[N+](=O)[O-]. The van der Waals surface area contributed by atoms with Gasteiger partial charge in [-0.05, 0) is 30.7 Å². The molecule has 0 unspecified atom stereocenters. The zero-order valence-corrected chi connectivity index (χ0v) is 10.2. The van der Waals surface area contributed by atoms with Crippen molar-refractivity contribution in [3.05, 3.63) is 57.8 Å². The molecule has 0 saturated heterocycles. The summed E-state index contributed by atoms with van der Waals surface area (Å²) < 4.78 is 5.42. The predicted molar refractivity (Wildman–Crippen MR) is 68.1 cm³/mol. The van der Waals surface area contributed by atoms with Crippen molar-refractivity contribution in [3.63, 3.8) is 0 Å². The van der Waals surface area contributed by atoms with Crippen molar-refractivity contribution in [2.24, 2.45) is 0 Å². The third kappa shape index (κ3) is 2.86. The topological polar surface area (TPSA) is 85.5 Å². The van der Waals surface area contributed by atoms with Crippen molar-refractivity contribution in [3.8, 4) is 11.6 Å². The fourth-order valence-electron chi connectivity index (χ4n) is 1.60. The average Bonchev–Trinajstić information content (AvgIpc) is 2.39. The van der Waals surface area contributed by atoms with Crippen LogP contribution in [0.25, 0.3) is 0 Å². The number of aliphatic hydroxyl groups excluding tert-OH is 1. The van der Waals surface area contributed by atoms with E-state index in [1.807, 2.05) is 0 Å². The summed E-state index contributed by atoms with van der Waals surface area (Å²) in [6, 6.07) is 8.16. The normalized spacial score (nSPS) is 10.2. The number of aliphatic hydroxyl groups is 1. The van der Waals surface area contributed by atoms with Crippen LogP contribution in [0.5, 0.6) is 11.6 Å². The summed E-state index contributed by atoms with van der Waals surface area (Å²) in [5, 5.41) is 19.9. The van der Waals surface area contributed by atoms with Gasteiger partial charge in [0.15, 0.2) is 0 Å². The minimum absolute atomic E-state index is 0.0400. The maximum atomic E-state index is 11.0. The highest BCUT2D eigenvalue weighted by Gasteiger charge is 2.20. The lowest BCUT2D eigenvalue weighted by molar-refractivity contribution is -0.386. The van der Waals surface area contributed by atoms with Crippen LogP contribution in [0.4, 0.5) is 5.69 Å². The summed E-state index contributed by atoms with van der Waals surface area (Å²) in [5.41, 5.74) is 1.08. The molecule has 0 bridgehead atoms. The molecule has 0 amide bonds. The first kappa shape index (κ1) is 13.0. The Morgan fingerprint density at radius 1 is 1.32 bits per heavy atom. The molecule has 0 fully saturated rings. The Bertz CT molecular complexity index is 596. The van der Waals surface area contributed by atoms with Crippen LogP contribution < -0.4 is 4.74 Å². The van der Waals surface area contributed by atoms with Crippen LogP contribution in [0.2, 0.25) is 0 Å². The molecule has 0 radical (unpaired) electrons. The number of aryl methyl sites for hydroxylation is 1. The zero-order valence-electron chi connectivity index (χ0n) is 10.2. The van der Waals surface area contributed by atoms with E-state index in [1.54, 1.807) is 37.3 Å². The van der Waals surface area contributed by atoms with Gasteiger partial charge in [-0.15, -0.1) is 0 Å². The monoisotopic (exact) mass is 260 g/mol. The summed E-state index contributed by atoms with van der Waals surface area (Å²) in [6.45, 7) is 1.56. The molecule has 6 heteroatoms. The summed E-state index contributed by atoms with van der Waals surface area (Å²) in [5.74, 6) is 0.389. The van der Waals surface area contributed by atoms with Gasteiger partial charge in [0, 0.05) is 11.8 Å². The van der Waals surface area contributed by atoms with Gasteiger partial charge >= 0.3 is 5.69 Å². The molecule has 0 aliphatic rings. The Hall–Kier alpha value is -2.47. The van der Waals surface area contributed by atoms with Gasteiger partial charge in [-0.1, -0.05) is 12.1 Å². The van der Waals surface area contributed by atoms with Crippen molar-refractivity contribution in [2.75, 3.05) is 0 Å². The number of rotatable bonds is 4. The van der Waals surface area contributed by atoms with Gasteiger partial charge in [-0.2, -0.15) is 0 Å². The largest absolute Gasteiger partial charge is 0.434 e. The Balaban J connectivity index is 2.32. The second-order valence-electron chi connectivity index (χ2n) is 3.94. The lowest BCUT2D eigenvalue weighted by Crippen LogP contribution is -1.98. The van der Waals surface area contributed by atoms with E-state index in [1.165, 1.54) is 6.20 Å². The van der Waals surface area contributed by atoms with Crippen molar-refractivity contribution in [2.45, 2.75) is 13.5 Å². The quantitative estimate of drug-likeness (QED) is 0.674. The predicted octanol–water partition coefficient (Wildman–Crippen LogP) is 2.58. The molecule has 1 N–H and O–H groups in total. The lowest BCUT2D eigenvalue weighted by atomic mass is 10.2. The van der Waals surface area contributed by atoms with Crippen molar-refractivity contribution >= 4 is 5.69 Å². The third-order valence-electron chi connectivity index (χ3n) is 2.60. The van der Waals surface area contributed by atoms with Gasteiger partial charge in [0.2, 0.25) is 0 Å². The van der Waals surface area contributed by atoms with Crippen LogP contribution in [0.1, 0.15) is 11.1 Å². The number of aromatic nitrogens is 1. The van der Waals surface area contributed by atoms with E-state index < -0.39 is 4.92 Å². The number of ether oxygens (including phenoxy) is 1. The summed E-state index contributed by atoms with van der Waals surface area (Å²) in [4.78, 5) is 14.4. The van der Waals surface area contributed by atoms with Crippen LogP contribution in [0.15, 0.2) is 36.5 Å². The molecule has 6 nitrogen and oxygen atoms in total. The first-order valence-corrected chi connectivity index (χ1v) is 5.59. The fourth-order valence-corrected chi connectivity index (χ4v) is 1.60. The van der Waals surface area contributed by atoms with E-state index in [-0.39, 0.29) is 18.2 Å². The Morgan fingerprint density at radius 2 is 2.00 bits per heavy atom. The van der Waals surface area contributed by atoms with Gasteiger partial charge in [0.25, 0.3) is 5.88 Å². The Morgan fingerprint density at radius 3 is 2.58 bits per heavy atom. The van der Waals surface area contributed by atoms with E-state index in [0.717, 1.165) is 5.56 Å². The fraction of sp³-hybridized carbons (Fsp3) is 0.154. The first-order chi connectivity index (χ1) is 9.11. The van der Waals surface area contributed by atoms with Gasteiger partial charge in [0.1, 0.15) is 5.75 Å². The summed E-state index contributed by atoms with van der Waals surface area (Å²) in [7, 11) is 0. The maximum absolute atomic E-state index is 11.0. The molecule has 0 aliphatic carbocycles. The minimum Gasteiger partial charge on any atom is -0.434 e. The zero-order chi connectivity index (χ0) is 13.8.